The number of halogens is 1. The van der Waals surface area contributed by atoms with Crippen LogP contribution in [0.1, 0.15) is 21.5 Å². The Hall–Kier alpha value is -3.70. The van der Waals surface area contributed by atoms with E-state index in [1.165, 1.54) is 23.5 Å². The number of anilines is 2. The largest absolute Gasteiger partial charge is 0.358 e. The van der Waals surface area contributed by atoms with Gasteiger partial charge in [-0.25, -0.2) is 14.1 Å². The molecule has 0 bridgehead atoms. The molecule has 3 heterocycles. The van der Waals surface area contributed by atoms with Crippen LogP contribution in [0.4, 0.5) is 20.6 Å². The molecule has 0 saturated carbocycles. The van der Waals surface area contributed by atoms with Gasteiger partial charge < -0.3 is 10.2 Å². The molecule has 2 aromatic carbocycles. The number of thiophene rings is 1. The van der Waals surface area contributed by atoms with Crippen molar-refractivity contribution in [2.24, 2.45) is 4.99 Å². The number of urea groups is 1. The summed E-state index contributed by atoms with van der Waals surface area (Å²) in [6.07, 6.45) is -0.0340. The number of carbonyl (C=O) groups excluding carboxylic acids is 3. The van der Waals surface area contributed by atoms with E-state index >= 15 is 0 Å². The van der Waals surface area contributed by atoms with Gasteiger partial charge in [0.05, 0.1) is 22.9 Å². The molecule has 2 aliphatic rings. The predicted molar refractivity (Wildman–Crippen MR) is 135 cm³/mol. The van der Waals surface area contributed by atoms with Gasteiger partial charge in [0.2, 0.25) is 5.91 Å². The topological polar surface area (TPSA) is 94.1 Å². The number of hydrogen-bond acceptors (Lipinski definition) is 7. The van der Waals surface area contributed by atoms with Gasteiger partial charge >= 0.3 is 6.03 Å². The fourth-order valence-electron chi connectivity index (χ4n) is 3.99. The van der Waals surface area contributed by atoms with Gasteiger partial charge in [0.15, 0.2) is 0 Å². The average molecular weight is 510 g/mol. The fourth-order valence-corrected chi connectivity index (χ4v) is 5.32. The molecule has 5 rings (SSSR count). The van der Waals surface area contributed by atoms with Gasteiger partial charge in [0.25, 0.3) is 5.91 Å². The lowest BCUT2D eigenvalue weighted by atomic mass is 9.95. The third kappa shape index (κ3) is 4.64. The number of imide groups is 1. The van der Waals surface area contributed by atoms with E-state index in [0.717, 1.165) is 45.1 Å². The number of nitrogens with one attached hydrogen (secondary N) is 2. The zero-order valence-corrected chi connectivity index (χ0v) is 20.2. The van der Waals surface area contributed by atoms with Gasteiger partial charge in [-0.15, -0.1) is 11.3 Å². The first-order valence-electron chi connectivity index (χ1n) is 10.7. The molecule has 8 nitrogen and oxygen atoms in total. The third-order valence-electron chi connectivity index (χ3n) is 5.63. The normalized spacial score (nSPS) is 15.2. The highest BCUT2D eigenvalue weighted by atomic mass is 32.2. The lowest BCUT2D eigenvalue weighted by Gasteiger charge is -2.28. The van der Waals surface area contributed by atoms with Crippen molar-refractivity contribution in [3.8, 4) is 0 Å². The van der Waals surface area contributed by atoms with Crippen LogP contribution in [0.2, 0.25) is 0 Å². The van der Waals surface area contributed by atoms with Gasteiger partial charge in [-0.3, -0.25) is 19.3 Å². The zero-order valence-electron chi connectivity index (χ0n) is 18.6. The summed E-state index contributed by atoms with van der Waals surface area (Å²) >= 11 is 2.62. The van der Waals surface area contributed by atoms with Crippen molar-refractivity contribution in [3.63, 3.8) is 0 Å². The monoisotopic (exact) mass is 509 g/mol. The second kappa shape index (κ2) is 9.51. The Morgan fingerprint density at radius 3 is 2.74 bits per heavy atom. The lowest BCUT2D eigenvalue weighted by Crippen LogP contribution is -2.43. The summed E-state index contributed by atoms with van der Waals surface area (Å²) in [5.74, 6) is -1.08. The van der Waals surface area contributed by atoms with E-state index in [-0.39, 0.29) is 17.8 Å². The summed E-state index contributed by atoms with van der Waals surface area (Å²) in [6, 6.07) is 12.3. The van der Waals surface area contributed by atoms with Crippen molar-refractivity contribution in [3.05, 3.63) is 76.4 Å². The molecular formula is C24H20FN5O3S2. The molecule has 178 valence electrons. The highest BCUT2D eigenvalue weighted by molar-refractivity contribution is 7.99. The van der Waals surface area contributed by atoms with Crippen molar-refractivity contribution in [1.29, 1.82) is 0 Å². The quantitative estimate of drug-likeness (QED) is 0.398. The Morgan fingerprint density at radius 1 is 1.17 bits per heavy atom. The van der Waals surface area contributed by atoms with Crippen LogP contribution in [0.25, 0.3) is 0 Å². The minimum absolute atomic E-state index is 0.0340. The standard InChI is InChI=1S/C24H20FN5O3S2/c1-29-9-8-26-22(29)14-4-6-17-15(11-14)12-20(31)30(23(17)32)19-7-5-16(13-18(19)25)27-24(33)28-35-21-3-2-10-34-21/h2-7,10-11,13H,8-9,12H2,1H3,(H2,27,28,33). The summed E-state index contributed by atoms with van der Waals surface area (Å²) in [6.45, 7) is 1.52. The Balaban J connectivity index is 1.32. The number of carbonyl (C=O) groups is 3. The maximum Gasteiger partial charge on any atom is 0.329 e. The number of rotatable bonds is 5. The summed E-state index contributed by atoms with van der Waals surface area (Å²) < 4.78 is 18.5. The number of nitrogens with zero attached hydrogens (tertiary/aromatic N) is 3. The summed E-state index contributed by atoms with van der Waals surface area (Å²) in [5.41, 5.74) is 1.82. The Bertz CT molecular complexity index is 1360. The molecule has 4 amide bonds. The number of benzene rings is 2. The van der Waals surface area contributed by atoms with Crippen LogP contribution in [0, 0.1) is 5.82 Å². The van der Waals surface area contributed by atoms with E-state index in [4.69, 9.17) is 0 Å². The first kappa shape index (κ1) is 23.1. The molecule has 0 radical (unpaired) electrons. The lowest BCUT2D eigenvalue weighted by molar-refractivity contribution is -0.117. The molecule has 0 unspecified atom stereocenters. The number of amidine groups is 1. The van der Waals surface area contributed by atoms with Crippen molar-refractivity contribution in [2.45, 2.75) is 10.6 Å². The summed E-state index contributed by atoms with van der Waals surface area (Å²) in [7, 11) is 1.94. The molecule has 0 saturated heterocycles. The van der Waals surface area contributed by atoms with Crippen LogP contribution in [0.5, 0.6) is 0 Å². The molecule has 0 fully saturated rings. The minimum atomic E-state index is -0.794. The fraction of sp³-hybridized carbons (Fsp3) is 0.167. The second-order valence-electron chi connectivity index (χ2n) is 7.97. The van der Waals surface area contributed by atoms with Crippen molar-refractivity contribution in [2.75, 3.05) is 30.4 Å². The van der Waals surface area contributed by atoms with Crippen LogP contribution in [-0.2, 0) is 11.2 Å². The number of aliphatic imine (C=N–C) groups is 1. The van der Waals surface area contributed by atoms with E-state index in [9.17, 15) is 18.8 Å². The first-order chi connectivity index (χ1) is 16.9. The molecule has 0 aliphatic carbocycles. The SMILES string of the molecule is CN1CCN=C1c1ccc2c(c1)CC(=O)N(c1ccc(NC(=O)NSc3cccs3)cc1F)C2=O. The second-order valence-corrected chi connectivity index (χ2v) is 10.0. The molecule has 0 spiro atoms. The number of fused-ring (bicyclic) bond motifs is 1. The Morgan fingerprint density at radius 2 is 2.03 bits per heavy atom. The Kier molecular flexibility index (Phi) is 6.27. The molecule has 1 aromatic heterocycles. The summed E-state index contributed by atoms with van der Waals surface area (Å²) in [4.78, 5) is 45.5. The average Bonchev–Trinajstić information content (AvgIpc) is 3.50. The highest BCUT2D eigenvalue weighted by Gasteiger charge is 2.34. The highest BCUT2D eigenvalue weighted by Crippen LogP contribution is 2.30. The van der Waals surface area contributed by atoms with E-state index in [1.54, 1.807) is 18.2 Å². The van der Waals surface area contributed by atoms with E-state index in [0.29, 0.717) is 17.7 Å². The molecule has 2 N–H and O–H groups in total. The number of amides is 4. The van der Waals surface area contributed by atoms with Gasteiger partial charge in [0.1, 0.15) is 11.7 Å². The minimum Gasteiger partial charge on any atom is -0.358 e. The first-order valence-corrected chi connectivity index (χ1v) is 12.4. The van der Waals surface area contributed by atoms with Crippen LogP contribution in [0.3, 0.4) is 0 Å². The van der Waals surface area contributed by atoms with Gasteiger partial charge in [-0.05, 0) is 59.3 Å². The molecule has 11 heteroatoms. The van der Waals surface area contributed by atoms with Crippen molar-refractivity contribution >= 4 is 58.3 Å². The smallest absolute Gasteiger partial charge is 0.329 e. The van der Waals surface area contributed by atoms with E-state index in [2.05, 4.69) is 15.0 Å². The van der Waals surface area contributed by atoms with Crippen molar-refractivity contribution in [1.82, 2.24) is 9.62 Å². The zero-order chi connectivity index (χ0) is 24.5. The molecular weight excluding hydrogens is 489 g/mol. The van der Waals surface area contributed by atoms with Crippen LogP contribution in [0.15, 0.2) is 63.1 Å². The maximum absolute atomic E-state index is 15.0. The van der Waals surface area contributed by atoms with Crippen molar-refractivity contribution < 1.29 is 18.8 Å². The van der Waals surface area contributed by atoms with Gasteiger partial charge in [-0.2, -0.15) is 0 Å². The number of likely N-dealkylation sites (N-methyl/N-ethyl adjacent to an activating group) is 1. The summed E-state index contributed by atoms with van der Waals surface area (Å²) in [5, 5.41) is 4.43. The van der Waals surface area contributed by atoms with Crippen LogP contribution >= 0.6 is 23.3 Å². The molecule has 3 aromatic rings. The number of hydrogen-bond donors (Lipinski definition) is 2. The van der Waals surface area contributed by atoms with E-state index < -0.39 is 23.7 Å². The van der Waals surface area contributed by atoms with Crippen LogP contribution in [-0.4, -0.2) is 48.7 Å². The predicted octanol–water partition coefficient (Wildman–Crippen LogP) is 4.14. The van der Waals surface area contributed by atoms with Gasteiger partial charge in [-0.1, -0.05) is 12.1 Å². The van der Waals surface area contributed by atoms with Gasteiger partial charge in [0, 0.05) is 30.4 Å². The molecule has 0 atom stereocenters. The maximum atomic E-state index is 15.0. The molecule has 2 aliphatic heterocycles. The molecule has 35 heavy (non-hydrogen) atoms. The third-order valence-corrected chi connectivity index (χ3v) is 7.46. The Labute approximate surface area is 209 Å². The van der Waals surface area contributed by atoms with E-state index in [1.807, 2.05) is 29.5 Å². The van der Waals surface area contributed by atoms with Crippen LogP contribution < -0.4 is 14.9 Å².